The number of benzene rings is 4. The average molecular weight is 1270 g/mol. The van der Waals surface area contributed by atoms with Crippen molar-refractivity contribution in [3.63, 3.8) is 0 Å². The first-order valence-electron chi connectivity index (χ1n) is 33.3. The number of nitrogens with one attached hydrogen (secondary N) is 3. The number of hydrogen-bond acceptors (Lipinski definition) is 15. The molecule has 5 atom stereocenters. The summed E-state index contributed by atoms with van der Waals surface area (Å²) in [6.45, 7) is 10.2. The Morgan fingerprint density at radius 3 is 1.71 bits per heavy atom. The van der Waals surface area contributed by atoms with E-state index in [-0.39, 0.29) is 79.0 Å². The normalized spacial score (nSPS) is 20.5. The fraction of sp³-hybridized carbons (Fsp3) is 0.486. The average Bonchev–Trinajstić information content (AvgIpc) is 1.69. The summed E-state index contributed by atoms with van der Waals surface area (Å²) < 4.78 is 23.9. The number of nitrogens with zero attached hydrogens (tertiary/aromatic N) is 7. The Bertz CT molecular complexity index is 3570. The summed E-state index contributed by atoms with van der Waals surface area (Å²) in [5, 5.41) is 8.48. The fourth-order valence-corrected chi connectivity index (χ4v) is 13.6. The minimum absolute atomic E-state index is 0.0314. The van der Waals surface area contributed by atoms with E-state index in [0.717, 1.165) is 74.1 Å². The van der Waals surface area contributed by atoms with Gasteiger partial charge in [-0.1, -0.05) is 76.6 Å². The first kappa shape index (κ1) is 65.6. The maximum atomic E-state index is 14.2. The lowest BCUT2D eigenvalue weighted by Crippen LogP contribution is -2.53. The lowest BCUT2D eigenvalue weighted by atomic mass is 9.81. The van der Waals surface area contributed by atoms with E-state index in [4.69, 9.17) is 28.9 Å². The van der Waals surface area contributed by atoms with E-state index in [1.54, 1.807) is 66.4 Å². The third-order valence-electron chi connectivity index (χ3n) is 19.2. The Labute approximate surface area is 545 Å². The highest BCUT2D eigenvalue weighted by Crippen LogP contribution is 2.43. The Kier molecular flexibility index (Phi) is 21.1. The molecule has 0 spiro atoms. The molecule has 1 saturated carbocycles. The predicted octanol–water partition coefficient (Wildman–Crippen LogP) is 10.1. The fourth-order valence-electron chi connectivity index (χ4n) is 13.6. The topological polar surface area (TPSA) is 233 Å². The van der Waals surface area contributed by atoms with Gasteiger partial charge in [0.15, 0.2) is 23.0 Å². The molecule has 7 aliphatic rings. The number of piperazine rings is 1. The molecule has 4 aromatic rings. The highest BCUT2D eigenvalue weighted by Gasteiger charge is 2.42. The van der Waals surface area contributed by atoms with Crippen LogP contribution in [0, 0.1) is 17.8 Å². The molecular formula is C72H88N10O11. The van der Waals surface area contributed by atoms with Gasteiger partial charge in [0.25, 0.3) is 11.8 Å². The largest absolute Gasteiger partial charge is 0.493 e. The number of imide groups is 1. The number of unbranched alkanes of at least 4 members (excludes halogenated alkanes) is 2. The maximum Gasteiger partial charge on any atom is 0.260 e. The Morgan fingerprint density at radius 1 is 0.613 bits per heavy atom. The number of fused-ring (bicyclic) bond motifs is 4. The third kappa shape index (κ3) is 15.3. The van der Waals surface area contributed by atoms with Crippen molar-refractivity contribution in [2.24, 2.45) is 27.7 Å². The number of likely N-dealkylation sites (N-methyl/N-ethyl adjacent to an activating group) is 1. The SMILES string of the molecule is COc1cc2c(cc1OCCCOc1cc3c(cc1OC)C(=O)N1C=C(c4ccc(N5CCN(C)CC5)cc4)C[C@H]1C=N3)N=C[C@@H]1CC(c3ccc(NC(=O)[C@H](C)NC(=O)C(NC(=O)CCCCCN4C(=O)CC(C5CCCCCCC5)C4=O)C(C)C)cc3)=CN1C2=O. The molecule has 3 fully saturated rings. The summed E-state index contributed by atoms with van der Waals surface area (Å²) in [6, 6.07) is 20.3. The van der Waals surface area contributed by atoms with Crippen LogP contribution in [0.4, 0.5) is 22.7 Å². The molecule has 93 heavy (non-hydrogen) atoms. The van der Waals surface area contributed by atoms with Crippen LogP contribution in [-0.2, 0) is 24.0 Å². The van der Waals surface area contributed by atoms with E-state index in [2.05, 4.69) is 57.1 Å². The summed E-state index contributed by atoms with van der Waals surface area (Å²) in [7, 11) is 5.21. The van der Waals surface area contributed by atoms with E-state index < -0.39 is 23.9 Å². The summed E-state index contributed by atoms with van der Waals surface area (Å²) >= 11 is 0. The van der Waals surface area contributed by atoms with Crippen LogP contribution in [0.25, 0.3) is 11.1 Å². The number of carbonyl (C=O) groups excluding carboxylic acids is 7. The monoisotopic (exact) mass is 1270 g/mol. The lowest BCUT2D eigenvalue weighted by Gasteiger charge is -2.34. The molecule has 6 heterocycles. The van der Waals surface area contributed by atoms with Gasteiger partial charge in [-0.15, -0.1) is 0 Å². The molecule has 4 aromatic carbocycles. The van der Waals surface area contributed by atoms with Gasteiger partial charge in [0, 0.05) is 113 Å². The van der Waals surface area contributed by atoms with Crippen LogP contribution in [0.1, 0.15) is 149 Å². The van der Waals surface area contributed by atoms with Crippen LogP contribution in [-0.4, -0.2) is 165 Å². The number of ether oxygens (including phenoxy) is 4. The van der Waals surface area contributed by atoms with Crippen LogP contribution in [0.15, 0.2) is 95.2 Å². The van der Waals surface area contributed by atoms with Gasteiger partial charge in [0.05, 0.1) is 67.9 Å². The molecular weight excluding hydrogens is 1180 g/mol. The quantitative estimate of drug-likeness (QED) is 0.0438. The van der Waals surface area contributed by atoms with Gasteiger partial charge in [0.2, 0.25) is 29.5 Å². The van der Waals surface area contributed by atoms with Crippen molar-refractivity contribution in [1.29, 1.82) is 0 Å². The third-order valence-corrected chi connectivity index (χ3v) is 19.2. The Morgan fingerprint density at radius 2 is 1.16 bits per heavy atom. The molecule has 0 aromatic heterocycles. The number of anilines is 2. The van der Waals surface area contributed by atoms with Crippen LogP contribution in [0.2, 0.25) is 0 Å². The van der Waals surface area contributed by atoms with Gasteiger partial charge in [0.1, 0.15) is 12.1 Å². The minimum Gasteiger partial charge on any atom is -0.493 e. The zero-order chi connectivity index (χ0) is 65.3. The number of hydrogen-bond donors (Lipinski definition) is 3. The van der Waals surface area contributed by atoms with Crippen molar-refractivity contribution in [3.05, 3.63) is 107 Å². The van der Waals surface area contributed by atoms with E-state index in [1.807, 2.05) is 44.6 Å². The highest BCUT2D eigenvalue weighted by atomic mass is 16.5. The number of rotatable bonds is 24. The number of aliphatic imine (C=N–C) groups is 2. The van der Waals surface area contributed by atoms with Crippen molar-refractivity contribution < 1.29 is 52.5 Å². The second-order valence-corrected chi connectivity index (χ2v) is 26.0. The van der Waals surface area contributed by atoms with Crippen LogP contribution < -0.4 is 39.8 Å². The Balaban J connectivity index is 0.616. The van der Waals surface area contributed by atoms with E-state index in [0.29, 0.717) is 103 Å². The second-order valence-electron chi connectivity index (χ2n) is 26.0. The van der Waals surface area contributed by atoms with Crippen molar-refractivity contribution >= 4 is 87.7 Å². The van der Waals surface area contributed by atoms with Gasteiger partial charge >= 0.3 is 0 Å². The van der Waals surface area contributed by atoms with Gasteiger partial charge in [-0.25, -0.2) is 0 Å². The standard InChI is InChI=1S/C72H88N10O11/c1-45(2)67(77-65(83)18-13-10-14-27-80-66(84)38-56(70(80)87)49-16-11-8-7-9-12-17-49)69(86)75-46(3)68(85)76-52-23-19-47(20-24-52)50-34-54-41-73-59-39-63(61(90-5)36-57(59)71(88)81(54)43-50)92-32-15-33-93-64-40-60-58(37-62(64)91-6)72(89)82-44-51(35-55(82)42-74-60)48-21-25-53(26-22-48)79-30-28-78(4)29-31-79/h19-26,36-37,39-46,49,54-56,67H,7-18,27-35,38H2,1-6H3,(H,75,86)(H,76,85)(H,77,83)/t46-,54-,55-,56?,67?/m0/s1. The van der Waals surface area contributed by atoms with Gasteiger partial charge in [-0.3, -0.25) is 48.4 Å². The highest BCUT2D eigenvalue weighted by molar-refractivity contribution is 6.07. The maximum absolute atomic E-state index is 14.2. The molecule has 0 bridgehead atoms. The number of methoxy groups -OCH3 is 2. The van der Waals surface area contributed by atoms with Crippen LogP contribution in [0.5, 0.6) is 23.0 Å². The smallest absolute Gasteiger partial charge is 0.260 e. The van der Waals surface area contributed by atoms with Crippen LogP contribution >= 0.6 is 0 Å². The van der Waals surface area contributed by atoms with Crippen molar-refractivity contribution in [1.82, 2.24) is 30.2 Å². The van der Waals surface area contributed by atoms with Crippen LogP contribution in [0.3, 0.4) is 0 Å². The molecule has 0 radical (unpaired) electrons. The summed E-state index contributed by atoms with van der Waals surface area (Å²) in [6.07, 6.45) is 19.2. The van der Waals surface area contributed by atoms with E-state index in [9.17, 15) is 33.6 Å². The molecule has 21 nitrogen and oxygen atoms in total. The zero-order valence-electron chi connectivity index (χ0n) is 54.5. The van der Waals surface area contributed by atoms with Gasteiger partial charge < -0.3 is 54.5 Å². The number of carbonyl (C=O) groups is 7. The summed E-state index contributed by atoms with van der Waals surface area (Å²) in [5.41, 5.74) is 7.36. The van der Waals surface area contributed by atoms with Crippen molar-refractivity contribution in [2.75, 3.05) is 77.4 Å². The van der Waals surface area contributed by atoms with Gasteiger partial charge in [-0.05, 0) is 110 Å². The molecule has 21 heteroatoms. The molecule has 6 aliphatic heterocycles. The molecule has 3 N–H and O–H groups in total. The zero-order valence-corrected chi connectivity index (χ0v) is 54.5. The number of amides is 7. The number of likely N-dealkylation sites (tertiary alicyclic amines) is 1. The van der Waals surface area contributed by atoms with E-state index >= 15 is 0 Å². The molecule has 11 rings (SSSR count). The molecule has 2 saturated heterocycles. The first-order chi connectivity index (χ1) is 45.0. The summed E-state index contributed by atoms with van der Waals surface area (Å²) in [4.78, 5) is 114. The van der Waals surface area contributed by atoms with Crippen molar-refractivity contribution in [2.45, 2.75) is 141 Å². The first-order valence-corrected chi connectivity index (χ1v) is 33.3. The van der Waals surface area contributed by atoms with E-state index in [1.165, 1.54) is 37.0 Å². The van der Waals surface area contributed by atoms with Gasteiger partial charge in [-0.2, -0.15) is 0 Å². The molecule has 2 unspecified atom stereocenters. The molecule has 7 amide bonds. The second kappa shape index (κ2) is 29.8. The minimum atomic E-state index is -0.923. The summed E-state index contributed by atoms with van der Waals surface area (Å²) in [5.74, 6) is -0.244. The molecule has 492 valence electrons. The Hall–Kier alpha value is -8.85. The lowest BCUT2D eigenvalue weighted by molar-refractivity contribution is -0.140. The molecule has 1 aliphatic carbocycles. The van der Waals surface area contributed by atoms with Crippen molar-refractivity contribution in [3.8, 4) is 23.0 Å². The predicted molar refractivity (Wildman–Crippen MR) is 358 cm³/mol.